The van der Waals surface area contributed by atoms with Gasteiger partial charge in [0.2, 0.25) is 11.8 Å². The molecule has 4 N–H and O–H groups in total. The molecule has 218 valence electrons. The second-order valence-corrected chi connectivity index (χ2v) is 10.7. The number of benzene rings is 2. The summed E-state index contributed by atoms with van der Waals surface area (Å²) in [7, 11) is 0. The number of anilines is 1. The molecule has 0 spiro atoms. The van der Waals surface area contributed by atoms with Crippen LogP contribution in [0.1, 0.15) is 53.8 Å². The van der Waals surface area contributed by atoms with Crippen LogP contribution in [0.5, 0.6) is 5.75 Å². The van der Waals surface area contributed by atoms with Crippen molar-refractivity contribution in [2.75, 3.05) is 44.8 Å². The predicted octanol–water partition coefficient (Wildman–Crippen LogP) is 3.37. The lowest BCUT2D eigenvalue weighted by Gasteiger charge is -2.26. The van der Waals surface area contributed by atoms with Crippen LogP contribution in [0.2, 0.25) is 0 Å². The molecule has 1 fully saturated rings. The fourth-order valence-electron chi connectivity index (χ4n) is 4.47. The number of ketones is 1. The lowest BCUT2D eigenvalue weighted by atomic mass is 9.92. The average Bonchev–Trinajstić information content (AvgIpc) is 3.48. The number of carbonyl (C=O) groups excluding carboxylic acids is 3. The maximum absolute atomic E-state index is 13.4. The van der Waals surface area contributed by atoms with Crippen molar-refractivity contribution in [3.8, 4) is 5.75 Å². The standard InChI is InChI=1S/C30H37N5O5S/c1-3-25(36)24-19-41-30(32-24)34-29(38)27(20(2)21-7-5-4-6-8-21)33-28(37)26(31)22-9-11-23(12-10-22)40-18-15-35-13-16-39-17-14-35/h4-12,19-20,26-27H,3,13-18,31H2,1-2H3,(H,33,37)(H,32,34,38)/t20-,26?,27-/m0/s1. The molecular formula is C30H37N5O5S. The summed E-state index contributed by atoms with van der Waals surface area (Å²) in [5, 5.41) is 7.51. The van der Waals surface area contributed by atoms with Crippen LogP contribution < -0.4 is 21.1 Å². The van der Waals surface area contributed by atoms with Crippen LogP contribution in [-0.2, 0) is 14.3 Å². The van der Waals surface area contributed by atoms with Gasteiger partial charge in [0, 0.05) is 37.4 Å². The van der Waals surface area contributed by atoms with Gasteiger partial charge in [-0.25, -0.2) is 4.98 Å². The van der Waals surface area contributed by atoms with Crippen molar-refractivity contribution in [1.82, 2.24) is 15.2 Å². The van der Waals surface area contributed by atoms with Gasteiger partial charge in [-0.3, -0.25) is 19.3 Å². The Bertz CT molecular complexity index is 1290. The van der Waals surface area contributed by atoms with Crippen molar-refractivity contribution >= 4 is 34.1 Å². The first kappa shape index (κ1) is 30.3. The molecule has 0 aliphatic carbocycles. The topological polar surface area (TPSA) is 136 Å². The number of nitrogens with one attached hydrogen (secondary N) is 2. The Balaban J connectivity index is 1.40. The number of amides is 2. The zero-order valence-electron chi connectivity index (χ0n) is 23.4. The van der Waals surface area contributed by atoms with Gasteiger partial charge in [-0.15, -0.1) is 11.3 Å². The van der Waals surface area contributed by atoms with Gasteiger partial charge < -0.3 is 25.8 Å². The number of hydrogen-bond donors (Lipinski definition) is 3. The molecule has 41 heavy (non-hydrogen) atoms. The number of ether oxygens (including phenoxy) is 2. The Hall–Kier alpha value is -3.64. The third-order valence-electron chi connectivity index (χ3n) is 7.05. The summed E-state index contributed by atoms with van der Waals surface area (Å²) in [6, 6.07) is 14.6. The highest BCUT2D eigenvalue weighted by Gasteiger charge is 2.31. The number of nitrogens with zero attached hydrogens (tertiary/aromatic N) is 2. The number of morpholine rings is 1. The van der Waals surface area contributed by atoms with Crippen LogP contribution in [0.25, 0.3) is 0 Å². The summed E-state index contributed by atoms with van der Waals surface area (Å²) in [6.45, 7) is 8.27. The molecule has 0 saturated carbocycles. The minimum atomic E-state index is -0.996. The Morgan fingerprint density at radius 3 is 2.44 bits per heavy atom. The SMILES string of the molecule is CCC(=O)c1csc(NC(=O)[C@@H](NC(=O)C(N)c2ccc(OCCN3CCOCC3)cc2)[C@@H](C)c2ccccc2)n1. The second kappa shape index (κ2) is 14.8. The number of Topliss-reactive ketones (excluding diaryl/α,β-unsaturated/α-hetero) is 1. The molecule has 1 aliphatic rings. The van der Waals surface area contributed by atoms with Crippen LogP contribution in [0.3, 0.4) is 0 Å². The lowest BCUT2D eigenvalue weighted by Crippen LogP contribution is -2.49. The van der Waals surface area contributed by atoms with Gasteiger partial charge in [0.05, 0.1) is 13.2 Å². The van der Waals surface area contributed by atoms with E-state index in [2.05, 4.69) is 20.5 Å². The zero-order valence-corrected chi connectivity index (χ0v) is 24.2. The molecule has 4 rings (SSSR count). The van der Waals surface area contributed by atoms with Gasteiger partial charge in [0.25, 0.3) is 0 Å². The van der Waals surface area contributed by atoms with Gasteiger partial charge in [-0.05, 0) is 23.3 Å². The first-order valence-corrected chi connectivity index (χ1v) is 14.7. The monoisotopic (exact) mass is 579 g/mol. The zero-order chi connectivity index (χ0) is 29.2. The number of aromatic nitrogens is 1. The van der Waals surface area contributed by atoms with Crippen molar-refractivity contribution in [2.45, 2.75) is 38.3 Å². The summed E-state index contributed by atoms with van der Waals surface area (Å²) in [6.07, 6.45) is 0.320. The van der Waals surface area contributed by atoms with E-state index < -0.39 is 23.9 Å². The van der Waals surface area contributed by atoms with E-state index in [0.29, 0.717) is 35.2 Å². The Labute approximate surface area is 244 Å². The molecule has 1 saturated heterocycles. The van der Waals surface area contributed by atoms with Gasteiger partial charge in [0.1, 0.15) is 30.1 Å². The largest absolute Gasteiger partial charge is 0.492 e. The van der Waals surface area contributed by atoms with Crippen molar-refractivity contribution in [3.05, 3.63) is 76.8 Å². The number of hydrogen-bond acceptors (Lipinski definition) is 9. The minimum absolute atomic E-state index is 0.108. The van der Waals surface area contributed by atoms with Crippen LogP contribution in [0.15, 0.2) is 60.0 Å². The normalized spacial score (nSPS) is 15.9. The highest BCUT2D eigenvalue weighted by Crippen LogP contribution is 2.24. The number of thiazole rings is 1. The maximum atomic E-state index is 13.4. The molecule has 3 aromatic rings. The fraction of sp³-hybridized carbons (Fsp3) is 0.400. The van der Waals surface area contributed by atoms with Crippen LogP contribution in [0.4, 0.5) is 5.13 Å². The fourth-order valence-corrected chi connectivity index (χ4v) is 5.19. The third-order valence-corrected chi connectivity index (χ3v) is 7.81. The lowest BCUT2D eigenvalue weighted by molar-refractivity contribution is -0.127. The molecule has 0 radical (unpaired) electrons. The molecule has 2 aromatic carbocycles. The highest BCUT2D eigenvalue weighted by molar-refractivity contribution is 7.14. The van der Waals surface area contributed by atoms with E-state index in [0.717, 1.165) is 49.7 Å². The molecule has 2 amide bonds. The smallest absolute Gasteiger partial charge is 0.249 e. The van der Waals surface area contributed by atoms with Crippen LogP contribution >= 0.6 is 11.3 Å². The Morgan fingerprint density at radius 1 is 1.05 bits per heavy atom. The third kappa shape index (κ3) is 8.43. The molecule has 1 aromatic heterocycles. The van der Waals surface area contributed by atoms with Gasteiger partial charge >= 0.3 is 0 Å². The molecular weight excluding hydrogens is 542 g/mol. The van der Waals surface area contributed by atoms with Crippen molar-refractivity contribution in [1.29, 1.82) is 0 Å². The van der Waals surface area contributed by atoms with E-state index in [1.54, 1.807) is 36.6 Å². The highest BCUT2D eigenvalue weighted by atomic mass is 32.1. The first-order chi connectivity index (χ1) is 19.9. The van der Waals surface area contributed by atoms with Crippen molar-refractivity contribution in [3.63, 3.8) is 0 Å². The molecule has 3 atom stereocenters. The molecule has 1 aliphatic heterocycles. The molecule has 1 unspecified atom stereocenters. The summed E-state index contributed by atoms with van der Waals surface area (Å²) in [4.78, 5) is 45.2. The summed E-state index contributed by atoms with van der Waals surface area (Å²) in [5.74, 6) is -0.727. The maximum Gasteiger partial charge on any atom is 0.249 e. The van der Waals surface area contributed by atoms with Crippen molar-refractivity contribution < 1.29 is 23.9 Å². The molecule has 0 bridgehead atoms. The average molecular weight is 580 g/mol. The van der Waals surface area contributed by atoms with E-state index in [1.165, 1.54) is 0 Å². The number of rotatable bonds is 13. The Morgan fingerprint density at radius 2 is 1.76 bits per heavy atom. The first-order valence-electron chi connectivity index (χ1n) is 13.8. The van der Waals surface area contributed by atoms with E-state index in [4.69, 9.17) is 15.2 Å². The van der Waals surface area contributed by atoms with E-state index in [1.807, 2.05) is 37.3 Å². The minimum Gasteiger partial charge on any atom is -0.492 e. The van der Waals surface area contributed by atoms with Gasteiger partial charge in [-0.1, -0.05) is 56.3 Å². The van der Waals surface area contributed by atoms with Crippen molar-refractivity contribution in [2.24, 2.45) is 5.73 Å². The van der Waals surface area contributed by atoms with E-state index in [9.17, 15) is 14.4 Å². The predicted molar refractivity (Wildman–Crippen MR) is 158 cm³/mol. The molecule has 11 heteroatoms. The number of carbonyl (C=O) groups is 3. The second-order valence-electron chi connectivity index (χ2n) is 9.84. The van der Waals surface area contributed by atoms with Gasteiger partial charge in [-0.2, -0.15) is 0 Å². The van der Waals surface area contributed by atoms with E-state index >= 15 is 0 Å². The van der Waals surface area contributed by atoms with Gasteiger partial charge in [0.15, 0.2) is 10.9 Å². The van der Waals surface area contributed by atoms with E-state index in [-0.39, 0.29) is 11.7 Å². The summed E-state index contributed by atoms with van der Waals surface area (Å²) >= 11 is 1.16. The quantitative estimate of drug-likeness (QED) is 0.262. The summed E-state index contributed by atoms with van der Waals surface area (Å²) < 4.78 is 11.2. The molecule has 10 nitrogen and oxygen atoms in total. The van der Waals surface area contributed by atoms with Crippen LogP contribution in [0, 0.1) is 0 Å². The van der Waals surface area contributed by atoms with Crippen LogP contribution in [-0.4, -0.2) is 73.0 Å². The number of nitrogens with two attached hydrogens (primary N) is 1. The Kier molecular flexibility index (Phi) is 11.0. The summed E-state index contributed by atoms with van der Waals surface area (Å²) in [5.41, 5.74) is 8.10. The molecule has 2 heterocycles.